The molecule has 0 heterocycles. The van der Waals surface area contributed by atoms with Gasteiger partial charge in [0.25, 0.3) is 0 Å². The molecule has 2 fully saturated rings. The molecule has 0 spiro atoms. The number of allylic oxidation sites excluding steroid dienone is 4. The molecular formula is C33H39F3O2. The van der Waals surface area contributed by atoms with Crippen molar-refractivity contribution >= 4 is 5.97 Å². The minimum atomic E-state index is -1.22. The largest absolute Gasteiger partial charge is 0.420 e. The van der Waals surface area contributed by atoms with Crippen molar-refractivity contribution in [3.05, 3.63) is 88.8 Å². The topological polar surface area (TPSA) is 26.3 Å². The number of carbonyl (C=O) groups is 1. The number of carbonyl (C=O) groups excluding carboxylic acids is 1. The van der Waals surface area contributed by atoms with E-state index >= 15 is 8.78 Å². The molecule has 0 radical (unpaired) electrons. The zero-order valence-electron chi connectivity index (χ0n) is 22.5. The van der Waals surface area contributed by atoms with Gasteiger partial charge in [-0.05, 0) is 125 Å². The lowest BCUT2D eigenvalue weighted by Gasteiger charge is -2.42. The van der Waals surface area contributed by atoms with E-state index in [-0.39, 0.29) is 11.7 Å². The summed E-state index contributed by atoms with van der Waals surface area (Å²) in [6.45, 7) is 3.97. The molecule has 204 valence electrons. The van der Waals surface area contributed by atoms with Crippen molar-refractivity contribution in [3.8, 4) is 5.75 Å². The molecule has 2 nitrogen and oxygen atoms in total. The number of esters is 1. The van der Waals surface area contributed by atoms with Crippen LogP contribution in [0.25, 0.3) is 0 Å². The zero-order chi connectivity index (χ0) is 27.1. The van der Waals surface area contributed by atoms with Crippen molar-refractivity contribution in [2.24, 2.45) is 17.8 Å². The summed E-state index contributed by atoms with van der Waals surface area (Å²) in [5, 5.41) is 0. The van der Waals surface area contributed by atoms with Gasteiger partial charge in [-0.25, -0.2) is 18.0 Å². The summed E-state index contributed by atoms with van der Waals surface area (Å²) in [6.07, 6.45) is 18.4. The van der Waals surface area contributed by atoms with Gasteiger partial charge in [0, 0.05) is 0 Å². The fraction of sp³-hybridized carbons (Fsp3) is 0.485. The smallest absolute Gasteiger partial charge is 0.346 e. The molecule has 0 aromatic heterocycles. The van der Waals surface area contributed by atoms with E-state index in [1.807, 2.05) is 19.1 Å². The molecule has 2 aromatic rings. The van der Waals surface area contributed by atoms with Gasteiger partial charge in [0.2, 0.25) is 0 Å². The van der Waals surface area contributed by atoms with Crippen LogP contribution in [0.3, 0.4) is 0 Å². The van der Waals surface area contributed by atoms with E-state index in [0.717, 1.165) is 50.0 Å². The number of fused-ring (bicyclic) bond motifs is 1. The van der Waals surface area contributed by atoms with Gasteiger partial charge in [0.15, 0.2) is 23.2 Å². The number of hydrogen-bond donors (Lipinski definition) is 0. The van der Waals surface area contributed by atoms with Gasteiger partial charge in [-0.3, -0.25) is 0 Å². The highest BCUT2D eigenvalue weighted by molar-refractivity contribution is 5.91. The quantitative estimate of drug-likeness (QED) is 0.185. The highest BCUT2D eigenvalue weighted by Crippen LogP contribution is 2.49. The van der Waals surface area contributed by atoms with Crippen LogP contribution < -0.4 is 4.74 Å². The molecule has 0 bridgehead atoms. The monoisotopic (exact) mass is 524 g/mol. The van der Waals surface area contributed by atoms with Gasteiger partial charge in [-0.15, -0.1) is 0 Å². The van der Waals surface area contributed by atoms with Gasteiger partial charge >= 0.3 is 5.97 Å². The summed E-state index contributed by atoms with van der Waals surface area (Å²) in [5.74, 6) is -2.38. The maximum absolute atomic E-state index is 15.2. The molecule has 2 aliphatic rings. The van der Waals surface area contributed by atoms with E-state index in [2.05, 4.69) is 19.1 Å². The normalized spacial score (nSPS) is 23.6. The first-order valence-corrected chi connectivity index (χ1v) is 14.1. The summed E-state index contributed by atoms with van der Waals surface area (Å²) in [6, 6.07) is 7.13. The first-order valence-electron chi connectivity index (χ1n) is 14.1. The van der Waals surface area contributed by atoms with Crippen LogP contribution in [0.15, 0.2) is 54.6 Å². The van der Waals surface area contributed by atoms with Crippen molar-refractivity contribution in [2.75, 3.05) is 0 Å². The van der Waals surface area contributed by atoms with Gasteiger partial charge in [0.1, 0.15) is 0 Å². The van der Waals surface area contributed by atoms with Crippen molar-refractivity contribution < 1.29 is 22.7 Å². The molecule has 4 rings (SSSR count). The van der Waals surface area contributed by atoms with Crippen LogP contribution in [0.2, 0.25) is 0 Å². The van der Waals surface area contributed by atoms with Crippen molar-refractivity contribution in [1.82, 2.24) is 0 Å². The molecule has 38 heavy (non-hydrogen) atoms. The van der Waals surface area contributed by atoms with Crippen molar-refractivity contribution in [2.45, 2.75) is 84.0 Å². The van der Waals surface area contributed by atoms with Crippen LogP contribution in [0.5, 0.6) is 5.75 Å². The standard InChI is InChI=1S/C33H39F3O2/c1-3-5-7-9-22-11-13-25-21-26(15-14-24(25)19-22)27-16-17-28(32(36)31(27)35)33(37)38-30-18-12-23(20-29(30)34)10-8-6-4-2/h3-6,12,16-18,20,22,24-26H,7-11,13-15,19,21H2,1-2H3/b5-3+,6-4+. The van der Waals surface area contributed by atoms with Crippen LogP contribution >= 0.6 is 0 Å². The molecule has 4 atom stereocenters. The van der Waals surface area contributed by atoms with Crippen LogP contribution in [0, 0.1) is 35.2 Å². The molecule has 2 aromatic carbocycles. The minimum Gasteiger partial charge on any atom is -0.420 e. The van der Waals surface area contributed by atoms with E-state index < -0.39 is 29.0 Å². The lowest BCUT2D eigenvalue weighted by molar-refractivity contribution is 0.0721. The van der Waals surface area contributed by atoms with E-state index in [9.17, 15) is 9.18 Å². The molecule has 0 aliphatic heterocycles. The molecule has 0 saturated heterocycles. The Bertz CT molecular complexity index is 1170. The Labute approximate surface area is 225 Å². The van der Waals surface area contributed by atoms with Gasteiger partial charge in [-0.2, -0.15) is 0 Å². The Hall–Kier alpha value is -2.82. The summed E-state index contributed by atoms with van der Waals surface area (Å²) < 4.78 is 49.9. The van der Waals surface area contributed by atoms with Gasteiger partial charge in [0.05, 0.1) is 5.56 Å². The fourth-order valence-electron chi connectivity index (χ4n) is 6.42. The summed E-state index contributed by atoms with van der Waals surface area (Å²) in [4.78, 5) is 12.6. The molecule has 4 unspecified atom stereocenters. The third kappa shape index (κ3) is 6.78. The van der Waals surface area contributed by atoms with Crippen LogP contribution in [0.1, 0.15) is 99.0 Å². The highest BCUT2D eigenvalue weighted by atomic mass is 19.2. The predicted octanol–water partition coefficient (Wildman–Crippen LogP) is 9.49. The number of hydrogen-bond acceptors (Lipinski definition) is 2. The Kier molecular flexibility index (Phi) is 9.87. The Balaban J connectivity index is 1.39. The molecular weight excluding hydrogens is 485 g/mol. The van der Waals surface area contributed by atoms with Crippen LogP contribution in [-0.4, -0.2) is 5.97 Å². The second-order valence-corrected chi connectivity index (χ2v) is 10.9. The highest BCUT2D eigenvalue weighted by Gasteiger charge is 2.37. The van der Waals surface area contributed by atoms with Gasteiger partial charge in [-0.1, -0.05) is 42.9 Å². The lowest BCUT2D eigenvalue weighted by atomic mass is 9.63. The van der Waals surface area contributed by atoms with Gasteiger partial charge < -0.3 is 4.74 Å². The van der Waals surface area contributed by atoms with E-state index in [0.29, 0.717) is 23.8 Å². The average molecular weight is 525 g/mol. The number of ether oxygens (including phenoxy) is 1. The maximum atomic E-state index is 15.2. The first-order chi connectivity index (χ1) is 18.4. The number of halogens is 3. The number of aryl methyl sites for hydroxylation is 1. The SMILES string of the molecule is C/C=C/CCc1ccc(OC(=O)c2ccc(C3CCC4CC(CC/C=C/C)CCC4C3)c(F)c2F)c(F)c1. The Morgan fingerprint density at radius 2 is 1.63 bits per heavy atom. The fourth-order valence-corrected chi connectivity index (χ4v) is 6.42. The third-order valence-electron chi connectivity index (χ3n) is 8.51. The van der Waals surface area contributed by atoms with Crippen LogP contribution in [0.4, 0.5) is 13.2 Å². The third-order valence-corrected chi connectivity index (χ3v) is 8.51. The average Bonchev–Trinajstić information content (AvgIpc) is 2.91. The molecule has 0 amide bonds. The van der Waals surface area contributed by atoms with E-state index in [1.165, 1.54) is 43.5 Å². The molecule has 2 aliphatic carbocycles. The Morgan fingerprint density at radius 1 is 0.895 bits per heavy atom. The Morgan fingerprint density at radius 3 is 2.39 bits per heavy atom. The number of rotatable bonds is 9. The van der Waals surface area contributed by atoms with Crippen LogP contribution in [-0.2, 0) is 6.42 Å². The second-order valence-electron chi connectivity index (χ2n) is 10.9. The summed E-state index contributed by atoms with van der Waals surface area (Å²) in [7, 11) is 0. The summed E-state index contributed by atoms with van der Waals surface area (Å²) >= 11 is 0. The second kappa shape index (κ2) is 13.3. The lowest BCUT2D eigenvalue weighted by Crippen LogP contribution is -2.30. The van der Waals surface area contributed by atoms with E-state index in [4.69, 9.17) is 4.74 Å². The molecule has 5 heteroatoms. The predicted molar refractivity (Wildman–Crippen MR) is 146 cm³/mol. The molecule has 2 saturated carbocycles. The van der Waals surface area contributed by atoms with Crippen molar-refractivity contribution in [1.29, 1.82) is 0 Å². The first kappa shape index (κ1) is 28.2. The zero-order valence-corrected chi connectivity index (χ0v) is 22.5. The molecule has 0 N–H and O–H groups in total. The minimum absolute atomic E-state index is 0.0528. The summed E-state index contributed by atoms with van der Waals surface area (Å²) in [5.41, 5.74) is 0.585. The number of benzene rings is 2. The maximum Gasteiger partial charge on any atom is 0.346 e. The van der Waals surface area contributed by atoms with E-state index in [1.54, 1.807) is 6.07 Å². The van der Waals surface area contributed by atoms with Crippen molar-refractivity contribution in [3.63, 3.8) is 0 Å².